The number of aliphatic hydroxyl groups excluding tert-OH is 1. The maximum absolute atomic E-state index is 9.43. The van der Waals surface area contributed by atoms with E-state index in [2.05, 4.69) is 0 Å². The number of hydrogen-bond acceptors (Lipinski definition) is 3. The predicted octanol–water partition coefficient (Wildman–Crippen LogP) is 0.214. The highest BCUT2D eigenvalue weighted by Gasteiger charge is 2.25. The predicted molar refractivity (Wildman–Crippen MR) is 49.6 cm³/mol. The number of aliphatic hydroxyl groups is 1. The van der Waals surface area contributed by atoms with E-state index in [-0.39, 0.29) is 12.6 Å². The average Bonchev–Trinajstić information content (AvgIpc) is 2.17. The summed E-state index contributed by atoms with van der Waals surface area (Å²) in [4.78, 5) is 0. The molecule has 1 saturated carbocycles. The normalized spacial score (nSPS) is 25.2. The van der Waals surface area contributed by atoms with Crippen molar-refractivity contribution in [3.8, 4) is 0 Å². The van der Waals surface area contributed by atoms with Crippen molar-refractivity contribution in [1.29, 1.82) is 0 Å². The molecule has 1 aliphatic rings. The molecule has 1 rings (SSSR count). The molecule has 0 aromatic rings. The molecule has 72 valence electrons. The summed E-state index contributed by atoms with van der Waals surface area (Å²) in [6.45, 7) is 0.289. The lowest BCUT2D eigenvalue weighted by Crippen LogP contribution is -2.45. The lowest BCUT2D eigenvalue weighted by atomic mass is 9.82. The molecule has 1 aliphatic carbocycles. The van der Waals surface area contributed by atoms with Crippen LogP contribution in [0.2, 0.25) is 0 Å². The van der Waals surface area contributed by atoms with Gasteiger partial charge in [0.25, 0.3) is 0 Å². The lowest BCUT2D eigenvalue weighted by Gasteiger charge is -2.30. The highest BCUT2D eigenvalue weighted by atomic mass is 16.3. The molecule has 2 atom stereocenters. The van der Waals surface area contributed by atoms with Gasteiger partial charge >= 0.3 is 0 Å². The van der Waals surface area contributed by atoms with E-state index >= 15 is 0 Å². The Balaban J connectivity index is 2.33. The standard InChI is InChI=1S/C9H20N2O/c10-6-8(12)9(11)7-4-2-1-3-5-7/h7-9,12H,1-6,10-11H2. The van der Waals surface area contributed by atoms with Crippen molar-refractivity contribution >= 4 is 0 Å². The van der Waals surface area contributed by atoms with Gasteiger partial charge in [-0.05, 0) is 18.8 Å². The summed E-state index contributed by atoms with van der Waals surface area (Å²) in [6, 6.07) is -0.102. The molecule has 0 radical (unpaired) electrons. The fourth-order valence-corrected chi connectivity index (χ4v) is 1.99. The third-order valence-electron chi connectivity index (χ3n) is 2.88. The van der Waals surface area contributed by atoms with E-state index in [0.29, 0.717) is 5.92 Å². The maximum Gasteiger partial charge on any atom is 0.0815 e. The van der Waals surface area contributed by atoms with E-state index in [0.717, 1.165) is 12.8 Å². The zero-order valence-corrected chi connectivity index (χ0v) is 7.58. The van der Waals surface area contributed by atoms with Crippen molar-refractivity contribution in [1.82, 2.24) is 0 Å². The molecule has 0 bridgehead atoms. The molecular formula is C9H20N2O. The third kappa shape index (κ3) is 2.44. The summed E-state index contributed by atoms with van der Waals surface area (Å²) in [7, 11) is 0. The minimum absolute atomic E-state index is 0.102. The van der Waals surface area contributed by atoms with Gasteiger partial charge in [-0.25, -0.2) is 0 Å². The second-order valence-electron chi connectivity index (χ2n) is 3.78. The van der Waals surface area contributed by atoms with Gasteiger partial charge in [0.2, 0.25) is 0 Å². The number of rotatable bonds is 3. The van der Waals surface area contributed by atoms with Gasteiger partial charge < -0.3 is 16.6 Å². The summed E-state index contributed by atoms with van der Waals surface area (Å²) in [5.74, 6) is 0.497. The average molecular weight is 172 g/mol. The molecule has 0 spiro atoms. The van der Waals surface area contributed by atoms with Gasteiger partial charge in [-0.2, -0.15) is 0 Å². The molecular weight excluding hydrogens is 152 g/mol. The third-order valence-corrected chi connectivity index (χ3v) is 2.88. The zero-order chi connectivity index (χ0) is 8.97. The number of nitrogens with two attached hydrogens (primary N) is 2. The molecule has 0 aromatic heterocycles. The fourth-order valence-electron chi connectivity index (χ4n) is 1.99. The summed E-state index contributed by atoms with van der Waals surface area (Å²) in [5, 5.41) is 9.43. The molecule has 5 N–H and O–H groups in total. The largest absolute Gasteiger partial charge is 0.390 e. The van der Waals surface area contributed by atoms with Gasteiger partial charge in [-0.15, -0.1) is 0 Å². The van der Waals surface area contributed by atoms with E-state index in [4.69, 9.17) is 11.5 Å². The van der Waals surface area contributed by atoms with Crippen molar-refractivity contribution in [2.24, 2.45) is 17.4 Å². The summed E-state index contributed by atoms with van der Waals surface area (Å²) in [5.41, 5.74) is 11.2. The molecule has 1 fully saturated rings. The summed E-state index contributed by atoms with van der Waals surface area (Å²) >= 11 is 0. The SMILES string of the molecule is NCC(O)C(N)C1CCCCC1. The molecule has 3 nitrogen and oxygen atoms in total. The molecule has 3 heteroatoms. The first-order chi connectivity index (χ1) is 5.75. The van der Waals surface area contributed by atoms with E-state index in [9.17, 15) is 5.11 Å². The molecule has 0 aliphatic heterocycles. The van der Waals surface area contributed by atoms with Crippen LogP contribution in [0.4, 0.5) is 0 Å². The van der Waals surface area contributed by atoms with Crippen LogP contribution in [0, 0.1) is 5.92 Å². The van der Waals surface area contributed by atoms with Crippen LogP contribution in [0.1, 0.15) is 32.1 Å². The Morgan fingerprint density at radius 1 is 1.25 bits per heavy atom. The highest BCUT2D eigenvalue weighted by Crippen LogP contribution is 2.26. The van der Waals surface area contributed by atoms with Crippen LogP contribution < -0.4 is 11.5 Å². The van der Waals surface area contributed by atoms with Crippen LogP contribution in [-0.2, 0) is 0 Å². The van der Waals surface area contributed by atoms with Crippen LogP contribution >= 0.6 is 0 Å². The van der Waals surface area contributed by atoms with Crippen molar-refractivity contribution in [2.45, 2.75) is 44.2 Å². The zero-order valence-electron chi connectivity index (χ0n) is 7.58. The van der Waals surface area contributed by atoms with Crippen molar-refractivity contribution in [3.05, 3.63) is 0 Å². The minimum atomic E-state index is -0.506. The van der Waals surface area contributed by atoms with Crippen LogP contribution in [0.5, 0.6) is 0 Å². The Morgan fingerprint density at radius 3 is 2.33 bits per heavy atom. The Bertz CT molecular complexity index is 124. The maximum atomic E-state index is 9.43. The van der Waals surface area contributed by atoms with Crippen LogP contribution in [-0.4, -0.2) is 23.8 Å². The summed E-state index contributed by atoms with van der Waals surface area (Å²) < 4.78 is 0. The van der Waals surface area contributed by atoms with Gasteiger partial charge in [-0.1, -0.05) is 19.3 Å². The van der Waals surface area contributed by atoms with E-state index in [1.165, 1.54) is 19.3 Å². The molecule has 0 saturated heterocycles. The van der Waals surface area contributed by atoms with Gasteiger partial charge in [-0.3, -0.25) is 0 Å². The van der Waals surface area contributed by atoms with Gasteiger partial charge in [0.1, 0.15) is 0 Å². The van der Waals surface area contributed by atoms with Gasteiger partial charge in [0, 0.05) is 12.6 Å². The second kappa shape index (κ2) is 4.80. The molecule has 0 amide bonds. The highest BCUT2D eigenvalue weighted by molar-refractivity contribution is 4.82. The topological polar surface area (TPSA) is 72.3 Å². The molecule has 12 heavy (non-hydrogen) atoms. The van der Waals surface area contributed by atoms with Gasteiger partial charge in [0.05, 0.1) is 6.10 Å². The van der Waals surface area contributed by atoms with Crippen molar-refractivity contribution < 1.29 is 5.11 Å². The lowest BCUT2D eigenvalue weighted by molar-refractivity contribution is 0.110. The van der Waals surface area contributed by atoms with Crippen molar-refractivity contribution in [3.63, 3.8) is 0 Å². The van der Waals surface area contributed by atoms with E-state index in [1.807, 2.05) is 0 Å². The number of hydrogen-bond donors (Lipinski definition) is 3. The minimum Gasteiger partial charge on any atom is -0.390 e. The van der Waals surface area contributed by atoms with Crippen molar-refractivity contribution in [2.75, 3.05) is 6.54 Å². The van der Waals surface area contributed by atoms with Crippen LogP contribution in [0.25, 0.3) is 0 Å². The van der Waals surface area contributed by atoms with Crippen LogP contribution in [0.3, 0.4) is 0 Å². The molecule has 0 aromatic carbocycles. The Labute approximate surface area is 74.1 Å². The van der Waals surface area contributed by atoms with Crippen LogP contribution in [0.15, 0.2) is 0 Å². The monoisotopic (exact) mass is 172 g/mol. The van der Waals surface area contributed by atoms with E-state index in [1.54, 1.807) is 0 Å². The fraction of sp³-hybridized carbons (Fsp3) is 1.00. The Morgan fingerprint density at radius 2 is 1.83 bits per heavy atom. The smallest absolute Gasteiger partial charge is 0.0815 e. The first kappa shape index (κ1) is 9.96. The van der Waals surface area contributed by atoms with E-state index < -0.39 is 6.10 Å². The quantitative estimate of drug-likeness (QED) is 0.570. The first-order valence-corrected chi connectivity index (χ1v) is 4.89. The van der Waals surface area contributed by atoms with Gasteiger partial charge in [0.15, 0.2) is 0 Å². The molecule has 0 heterocycles. The second-order valence-corrected chi connectivity index (χ2v) is 3.78. The summed E-state index contributed by atoms with van der Waals surface area (Å²) in [6.07, 6.45) is 5.66. The Kier molecular flexibility index (Phi) is 3.98. The first-order valence-electron chi connectivity index (χ1n) is 4.89. The molecule has 2 unspecified atom stereocenters. The Hall–Kier alpha value is -0.120.